The van der Waals surface area contributed by atoms with Crippen molar-refractivity contribution >= 4 is 17.3 Å². The van der Waals surface area contributed by atoms with Gasteiger partial charge in [0.15, 0.2) is 0 Å². The zero-order chi connectivity index (χ0) is 19.6. The minimum atomic E-state index is 0.652. The van der Waals surface area contributed by atoms with Crippen molar-refractivity contribution in [2.75, 3.05) is 31.1 Å². The molecule has 1 saturated heterocycles. The number of nitrogens with one attached hydrogen (secondary N) is 1. The summed E-state index contributed by atoms with van der Waals surface area (Å²) in [7, 11) is 0. The first-order valence-corrected chi connectivity index (χ1v) is 11.1. The van der Waals surface area contributed by atoms with E-state index in [4.69, 9.17) is 11.6 Å². The third-order valence-corrected chi connectivity index (χ3v) is 6.98. The molecule has 2 heterocycles. The van der Waals surface area contributed by atoms with E-state index in [1.165, 1.54) is 41.9 Å². The lowest BCUT2D eigenvalue weighted by Crippen LogP contribution is -2.49. The molecule has 2 aromatic carbocycles. The van der Waals surface area contributed by atoms with Crippen LogP contribution in [0.25, 0.3) is 11.3 Å². The van der Waals surface area contributed by atoms with Gasteiger partial charge in [0.25, 0.3) is 0 Å². The van der Waals surface area contributed by atoms with Crippen molar-refractivity contribution in [2.24, 2.45) is 0 Å². The highest BCUT2D eigenvalue weighted by molar-refractivity contribution is 6.33. The van der Waals surface area contributed by atoms with Gasteiger partial charge < -0.3 is 9.88 Å². The average molecular weight is 406 g/mol. The third kappa shape index (κ3) is 3.94. The van der Waals surface area contributed by atoms with Gasteiger partial charge in [0.1, 0.15) is 0 Å². The molecule has 2 atom stereocenters. The molecule has 150 valence electrons. The highest BCUT2D eigenvalue weighted by Crippen LogP contribution is 2.38. The number of para-hydroxylation sites is 1. The largest absolute Gasteiger partial charge is 0.368 e. The summed E-state index contributed by atoms with van der Waals surface area (Å²) in [5.41, 5.74) is 5.08. The summed E-state index contributed by atoms with van der Waals surface area (Å²) in [5, 5.41) is 0.864. The summed E-state index contributed by atoms with van der Waals surface area (Å²) >= 11 is 6.40. The molecule has 2 fully saturated rings. The van der Waals surface area contributed by atoms with E-state index >= 15 is 0 Å². The molecule has 1 saturated carbocycles. The van der Waals surface area contributed by atoms with Gasteiger partial charge in [-0.2, -0.15) is 0 Å². The summed E-state index contributed by atoms with van der Waals surface area (Å²) < 4.78 is 0. The number of rotatable bonds is 4. The Morgan fingerprint density at radius 1 is 0.793 bits per heavy atom. The van der Waals surface area contributed by atoms with Crippen molar-refractivity contribution in [3.05, 3.63) is 77.4 Å². The lowest BCUT2D eigenvalue weighted by atomic mass is 10.0. The number of hydrogen-bond acceptors (Lipinski definition) is 2. The summed E-state index contributed by atoms with van der Waals surface area (Å²) in [4.78, 5) is 8.82. The predicted molar refractivity (Wildman–Crippen MR) is 122 cm³/mol. The SMILES string of the molecule is Clc1ccccc1N1CCN([C@H]2CC[C@H](c3ccc(-c4ccccc4)[nH]3)C2)CC1. The molecule has 1 aliphatic heterocycles. The standard InChI is InChI=1S/C25H28ClN3/c26-22-8-4-5-9-25(22)29-16-14-28(15-17-29)21-11-10-20(18-21)24-13-12-23(27-24)19-6-2-1-3-7-19/h1-9,12-13,20-21,27H,10-11,14-18H2/t20-,21-/m0/s1. The van der Waals surface area contributed by atoms with E-state index in [9.17, 15) is 0 Å². The molecular weight excluding hydrogens is 378 g/mol. The molecule has 4 heteroatoms. The van der Waals surface area contributed by atoms with Crippen molar-refractivity contribution in [3.8, 4) is 11.3 Å². The minimum absolute atomic E-state index is 0.652. The molecule has 1 aliphatic carbocycles. The summed E-state index contributed by atoms with van der Waals surface area (Å²) in [6.45, 7) is 4.38. The van der Waals surface area contributed by atoms with Gasteiger partial charge in [-0.3, -0.25) is 4.90 Å². The van der Waals surface area contributed by atoms with Gasteiger partial charge in [-0.1, -0.05) is 54.1 Å². The Kier molecular flexibility index (Phi) is 5.34. The first-order valence-electron chi connectivity index (χ1n) is 10.8. The number of aromatic amines is 1. The zero-order valence-electron chi connectivity index (χ0n) is 16.7. The third-order valence-electron chi connectivity index (χ3n) is 6.66. The van der Waals surface area contributed by atoms with Crippen molar-refractivity contribution in [1.82, 2.24) is 9.88 Å². The van der Waals surface area contributed by atoms with Gasteiger partial charge >= 0.3 is 0 Å². The van der Waals surface area contributed by atoms with Crippen molar-refractivity contribution in [2.45, 2.75) is 31.2 Å². The Labute approximate surface area is 178 Å². The fourth-order valence-corrected chi connectivity index (χ4v) is 5.30. The van der Waals surface area contributed by atoms with Crippen LogP contribution in [0.3, 0.4) is 0 Å². The van der Waals surface area contributed by atoms with Crippen LogP contribution in [-0.4, -0.2) is 42.1 Å². The van der Waals surface area contributed by atoms with Crippen LogP contribution in [0.15, 0.2) is 66.7 Å². The molecular formula is C25H28ClN3. The molecule has 29 heavy (non-hydrogen) atoms. The van der Waals surface area contributed by atoms with Gasteiger partial charge in [-0.05, 0) is 49.1 Å². The summed E-state index contributed by atoms with van der Waals surface area (Å²) in [6, 6.07) is 24.1. The molecule has 0 unspecified atom stereocenters. The van der Waals surface area contributed by atoms with Crippen LogP contribution in [0, 0.1) is 0 Å². The van der Waals surface area contributed by atoms with Gasteiger partial charge in [0.05, 0.1) is 10.7 Å². The van der Waals surface area contributed by atoms with Crippen LogP contribution in [0.4, 0.5) is 5.69 Å². The van der Waals surface area contributed by atoms with Gasteiger partial charge in [-0.25, -0.2) is 0 Å². The second-order valence-corrected chi connectivity index (χ2v) is 8.74. The van der Waals surface area contributed by atoms with Crippen LogP contribution in [0.2, 0.25) is 5.02 Å². The molecule has 1 N–H and O–H groups in total. The minimum Gasteiger partial charge on any atom is -0.368 e. The molecule has 0 radical (unpaired) electrons. The smallest absolute Gasteiger partial charge is 0.0639 e. The number of anilines is 1. The molecule has 3 aromatic rings. The number of piperazine rings is 1. The fraction of sp³-hybridized carbons (Fsp3) is 0.360. The monoisotopic (exact) mass is 405 g/mol. The van der Waals surface area contributed by atoms with Gasteiger partial charge in [0.2, 0.25) is 0 Å². The fourth-order valence-electron chi connectivity index (χ4n) is 5.04. The van der Waals surface area contributed by atoms with Crippen LogP contribution >= 0.6 is 11.6 Å². The molecule has 0 spiro atoms. The topological polar surface area (TPSA) is 22.3 Å². The normalized spacial score (nSPS) is 22.9. The Bertz CT molecular complexity index is 943. The molecule has 2 aliphatic rings. The average Bonchev–Trinajstić information content (AvgIpc) is 3.45. The lowest BCUT2D eigenvalue weighted by Gasteiger charge is -2.39. The van der Waals surface area contributed by atoms with Crippen molar-refractivity contribution in [3.63, 3.8) is 0 Å². The van der Waals surface area contributed by atoms with Crippen LogP contribution in [0.1, 0.15) is 30.9 Å². The highest BCUT2D eigenvalue weighted by atomic mass is 35.5. The van der Waals surface area contributed by atoms with E-state index in [0.29, 0.717) is 12.0 Å². The molecule has 1 aromatic heterocycles. The lowest BCUT2D eigenvalue weighted by molar-refractivity contribution is 0.186. The Hall–Kier alpha value is -2.23. The van der Waals surface area contributed by atoms with Gasteiger partial charge in [-0.15, -0.1) is 0 Å². The maximum Gasteiger partial charge on any atom is 0.0639 e. The Balaban J connectivity index is 1.19. The second kappa shape index (κ2) is 8.25. The predicted octanol–water partition coefficient (Wildman–Crippen LogP) is 5.79. The second-order valence-electron chi connectivity index (χ2n) is 8.33. The van der Waals surface area contributed by atoms with Crippen LogP contribution < -0.4 is 4.90 Å². The first-order chi connectivity index (χ1) is 14.3. The van der Waals surface area contributed by atoms with E-state index in [1.807, 2.05) is 12.1 Å². The van der Waals surface area contributed by atoms with E-state index in [1.54, 1.807) is 0 Å². The first kappa shape index (κ1) is 18.8. The van der Waals surface area contributed by atoms with Crippen LogP contribution in [-0.2, 0) is 0 Å². The Morgan fingerprint density at radius 2 is 1.55 bits per heavy atom. The number of nitrogens with zero attached hydrogens (tertiary/aromatic N) is 2. The van der Waals surface area contributed by atoms with E-state index in [-0.39, 0.29) is 0 Å². The van der Waals surface area contributed by atoms with E-state index in [2.05, 4.69) is 69.4 Å². The number of benzene rings is 2. The van der Waals surface area contributed by atoms with Gasteiger partial charge in [0, 0.05) is 49.5 Å². The summed E-state index contributed by atoms with van der Waals surface area (Å²) in [5.74, 6) is 0.652. The summed E-state index contributed by atoms with van der Waals surface area (Å²) in [6.07, 6.45) is 3.85. The quantitative estimate of drug-likeness (QED) is 0.593. The maximum atomic E-state index is 6.40. The Morgan fingerprint density at radius 3 is 2.34 bits per heavy atom. The van der Waals surface area contributed by atoms with Crippen LogP contribution in [0.5, 0.6) is 0 Å². The molecule has 0 bridgehead atoms. The van der Waals surface area contributed by atoms with Crippen molar-refractivity contribution in [1.29, 1.82) is 0 Å². The van der Waals surface area contributed by atoms with Crippen molar-refractivity contribution < 1.29 is 0 Å². The number of aromatic nitrogens is 1. The number of H-pyrrole nitrogens is 1. The number of hydrogen-bond donors (Lipinski definition) is 1. The molecule has 3 nitrogen and oxygen atoms in total. The van der Waals surface area contributed by atoms with E-state index in [0.717, 1.165) is 31.2 Å². The number of halogens is 1. The molecule has 0 amide bonds. The molecule has 5 rings (SSSR count). The maximum absolute atomic E-state index is 6.40. The van der Waals surface area contributed by atoms with E-state index < -0.39 is 0 Å². The highest BCUT2D eigenvalue weighted by Gasteiger charge is 2.32. The zero-order valence-corrected chi connectivity index (χ0v) is 17.5.